The van der Waals surface area contributed by atoms with E-state index in [1.165, 1.54) is 16.5 Å². The molecule has 1 unspecified atom stereocenters. The molecular weight excluding hydrogens is 226 g/mol. The predicted molar refractivity (Wildman–Crippen MR) is 71.0 cm³/mol. The van der Waals surface area contributed by atoms with E-state index in [2.05, 4.69) is 30.1 Å². The second-order valence-electron chi connectivity index (χ2n) is 5.03. The fourth-order valence-electron chi connectivity index (χ4n) is 2.98. The van der Waals surface area contributed by atoms with Gasteiger partial charge in [-0.15, -0.1) is 0 Å². The van der Waals surface area contributed by atoms with Crippen LogP contribution in [0, 0.1) is 0 Å². The van der Waals surface area contributed by atoms with Crippen molar-refractivity contribution in [2.24, 2.45) is 0 Å². The van der Waals surface area contributed by atoms with Crippen LogP contribution in [-0.4, -0.2) is 16.1 Å². The number of fused-ring (bicyclic) bond motifs is 3. The number of hydrogen-bond donors (Lipinski definition) is 2. The van der Waals surface area contributed by atoms with Crippen LogP contribution < -0.4 is 0 Å². The lowest BCUT2D eigenvalue weighted by Crippen LogP contribution is -2.17. The molecule has 0 radical (unpaired) electrons. The summed E-state index contributed by atoms with van der Waals surface area (Å²) in [7, 11) is 0. The summed E-state index contributed by atoms with van der Waals surface area (Å²) in [5.74, 6) is -1.07. The quantitative estimate of drug-likeness (QED) is 0.850. The molecule has 0 bridgehead atoms. The zero-order chi connectivity index (χ0) is 12.7. The Balaban J connectivity index is 2.21. The molecule has 2 N–H and O–H groups in total. The van der Waals surface area contributed by atoms with E-state index in [0.29, 0.717) is 0 Å². The number of aryl methyl sites for hydroxylation is 2. The summed E-state index contributed by atoms with van der Waals surface area (Å²) in [5.41, 5.74) is 4.53. The standard InChI is InChI=1S/C15H17NO2/c1-2-9-6-7-13-12(8-9)10-4-3-5-11(15(17)18)14(10)16-13/h6-8,11,16H,2-5H2,1H3,(H,17,18). The lowest BCUT2D eigenvalue weighted by atomic mass is 9.86. The van der Waals surface area contributed by atoms with E-state index < -0.39 is 5.97 Å². The van der Waals surface area contributed by atoms with Gasteiger partial charge in [0.25, 0.3) is 0 Å². The molecular formula is C15H17NO2. The van der Waals surface area contributed by atoms with E-state index in [9.17, 15) is 9.90 Å². The van der Waals surface area contributed by atoms with Crippen molar-refractivity contribution in [1.82, 2.24) is 4.98 Å². The fraction of sp³-hybridized carbons (Fsp3) is 0.400. The number of aromatic amines is 1. The Morgan fingerprint density at radius 2 is 2.33 bits per heavy atom. The zero-order valence-corrected chi connectivity index (χ0v) is 10.5. The summed E-state index contributed by atoms with van der Waals surface area (Å²) in [6.07, 6.45) is 3.72. The molecule has 1 aliphatic rings. The average Bonchev–Trinajstić information content (AvgIpc) is 2.75. The molecule has 0 saturated heterocycles. The van der Waals surface area contributed by atoms with E-state index in [1.54, 1.807) is 0 Å². The van der Waals surface area contributed by atoms with Crippen molar-refractivity contribution in [2.45, 2.75) is 38.5 Å². The van der Waals surface area contributed by atoms with E-state index in [4.69, 9.17) is 0 Å². The molecule has 1 aromatic heterocycles. The maximum atomic E-state index is 11.3. The second kappa shape index (κ2) is 4.16. The summed E-state index contributed by atoms with van der Waals surface area (Å²) >= 11 is 0. The highest BCUT2D eigenvalue weighted by molar-refractivity contribution is 5.88. The van der Waals surface area contributed by atoms with Gasteiger partial charge < -0.3 is 10.1 Å². The number of hydrogen-bond acceptors (Lipinski definition) is 1. The second-order valence-corrected chi connectivity index (χ2v) is 5.03. The van der Waals surface area contributed by atoms with Gasteiger partial charge in [0, 0.05) is 16.6 Å². The van der Waals surface area contributed by atoms with E-state index in [0.717, 1.165) is 36.9 Å². The van der Waals surface area contributed by atoms with Crippen LogP contribution in [0.1, 0.15) is 42.5 Å². The molecule has 2 aromatic rings. The number of carboxylic acid groups (broad SMARTS) is 1. The van der Waals surface area contributed by atoms with E-state index >= 15 is 0 Å². The first-order chi connectivity index (χ1) is 8.70. The summed E-state index contributed by atoms with van der Waals surface area (Å²) in [4.78, 5) is 14.6. The molecule has 94 valence electrons. The summed E-state index contributed by atoms with van der Waals surface area (Å²) in [6.45, 7) is 2.14. The van der Waals surface area contributed by atoms with Crippen molar-refractivity contribution < 1.29 is 9.90 Å². The number of carbonyl (C=O) groups is 1. The van der Waals surface area contributed by atoms with Gasteiger partial charge in [0.15, 0.2) is 0 Å². The van der Waals surface area contributed by atoms with Gasteiger partial charge in [-0.2, -0.15) is 0 Å². The molecule has 0 saturated carbocycles. The van der Waals surface area contributed by atoms with Crippen LogP contribution in [0.15, 0.2) is 18.2 Å². The molecule has 1 heterocycles. The topological polar surface area (TPSA) is 53.1 Å². The molecule has 3 nitrogen and oxygen atoms in total. The third-order valence-corrected chi connectivity index (χ3v) is 3.98. The Kier molecular flexibility index (Phi) is 2.62. The molecule has 3 rings (SSSR count). The van der Waals surface area contributed by atoms with Gasteiger partial charge in [0.05, 0.1) is 5.92 Å². The van der Waals surface area contributed by atoms with Crippen LogP contribution in [-0.2, 0) is 17.6 Å². The van der Waals surface area contributed by atoms with Crippen LogP contribution in [0.4, 0.5) is 0 Å². The van der Waals surface area contributed by atoms with Gasteiger partial charge in [0.1, 0.15) is 0 Å². The van der Waals surface area contributed by atoms with Crippen molar-refractivity contribution in [3.63, 3.8) is 0 Å². The Bertz CT molecular complexity index is 612. The maximum absolute atomic E-state index is 11.3. The highest BCUT2D eigenvalue weighted by Crippen LogP contribution is 2.36. The van der Waals surface area contributed by atoms with Crippen LogP contribution in [0.25, 0.3) is 10.9 Å². The van der Waals surface area contributed by atoms with Crippen molar-refractivity contribution in [3.8, 4) is 0 Å². The molecule has 0 fully saturated rings. The zero-order valence-electron chi connectivity index (χ0n) is 10.5. The third-order valence-electron chi connectivity index (χ3n) is 3.98. The number of aliphatic carboxylic acids is 1. The van der Waals surface area contributed by atoms with Crippen molar-refractivity contribution in [1.29, 1.82) is 0 Å². The number of nitrogens with one attached hydrogen (secondary N) is 1. The minimum atomic E-state index is -0.710. The normalized spacial score (nSPS) is 18.8. The highest BCUT2D eigenvalue weighted by atomic mass is 16.4. The minimum absolute atomic E-state index is 0.355. The molecule has 0 aliphatic heterocycles. The van der Waals surface area contributed by atoms with Crippen molar-refractivity contribution in [3.05, 3.63) is 35.0 Å². The molecule has 1 aromatic carbocycles. The molecule has 1 aliphatic carbocycles. The van der Waals surface area contributed by atoms with E-state index in [1.807, 2.05) is 0 Å². The molecule has 0 spiro atoms. The van der Waals surface area contributed by atoms with Gasteiger partial charge >= 0.3 is 5.97 Å². The average molecular weight is 243 g/mol. The lowest BCUT2D eigenvalue weighted by molar-refractivity contribution is -0.139. The molecule has 1 atom stereocenters. The van der Waals surface area contributed by atoms with Crippen LogP contribution in [0.3, 0.4) is 0 Å². The predicted octanol–water partition coefficient (Wildman–Crippen LogP) is 3.23. The first-order valence-corrected chi connectivity index (χ1v) is 6.57. The van der Waals surface area contributed by atoms with Gasteiger partial charge in [-0.1, -0.05) is 13.0 Å². The molecule has 18 heavy (non-hydrogen) atoms. The molecule has 3 heteroatoms. The van der Waals surface area contributed by atoms with Crippen molar-refractivity contribution in [2.75, 3.05) is 0 Å². The van der Waals surface area contributed by atoms with Crippen LogP contribution >= 0.6 is 0 Å². The Labute approximate surface area is 106 Å². The SMILES string of the molecule is CCc1ccc2[nH]c3c(c2c1)CCCC3C(=O)O. The largest absolute Gasteiger partial charge is 0.481 e. The Hall–Kier alpha value is -1.77. The first-order valence-electron chi connectivity index (χ1n) is 6.57. The van der Waals surface area contributed by atoms with Crippen molar-refractivity contribution >= 4 is 16.9 Å². The smallest absolute Gasteiger partial charge is 0.312 e. The number of carboxylic acids is 1. The van der Waals surface area contributed by atoms with Gasteiger partial charge in [-0.3, -0.25) is 4.79 Å². The summed E-state index contributed by atoms with van der Waals surface area (Å²) < 4.78 is 0. The summed E-state index contributed by atoms with van der Waals surface area (Å²) in [6, 6.07) is 6.39. The Morgan fingerprint density at radius 1 is 1.50 bits per heavy atom. The molecule has 0 amide bonds. The van der Waals surface area contributed by atoms with Crippen LogP contribution in [0.2, 0.25) is 0 Å². The maximum Gasteiger partial charge on any atom is 0.312 e. The van der Waals surface area contributed by atoms with Crippen LogP contribution in [0.5, 0.6) is 0 Å². The van der Waals surface area contributed by atoms with Gasteiger partial charge in [0.2, 0.25) is 0 Å². The third kappa shape index (κ3) is 1.62. The lowest BCUT2D eigenvalue weighted by Gasteiger charge is -2.18. The van der Waals surface area contributed by atoms with Gasteiger partial charge in [-0.05, 0) is 48.9 Å². The minimum Gasteiger partial charge on any atom is -0.481 e. The van der Waals surface area contributed by atoms with Gasteiger partial charge in [-0.25, -0.2) is 0 Å². The summed E-state index contributed by atoms with van der Waals surface area (Å²) in [5, 5.41) is 10.5. The number of rotatable bonds is 2. The fourth-order valence-corrected chi connectivity index (χ4v) is 2.98. The van der Waals surface area contributed by atoms with E-state index in [-0.39, 0.29) is 5.92 Å². The Morgan fingerprint density at radius 3 is 3.06 bits per heavy atom. The monoisotopic (exact) mass is 243 g/mol. The number of aromatic nitrogens is 1. The first kappa shape index (κ1) is 11.3. The highest BCUT2D eigenvalue weighted by Gasteiger charge is 2.29. The number of H-pyrrole nitrogens is 1. The number of benzene rings is 1.